The van der Waals surface area contributed by atoms with Gasteiger partial charge in [-0.3, -0.25) is 9.78 Å². The average Bonchev–Trinajstić information content (AvgIpc) is 2.97. The average molecular weight is 300 g/mol. The van der Waals surface area contributed by atoms with Crippen LogP contribution in [0.5, 0.6) is 0 Å². The smallest absolute Gasteiger partial charge is 0.263 e. The predicted octanol–water partition coefficient (Wildman–Crippen LogP) is 2.37. The molecule has 2 rings (SSSR count). The van der Waals surface area contributed by atoms with Crippen molar-refractivity contribution in [2.24, 2.45) is 0 Å². The first-order chi connectivity index (χ1) is 10.2. The van der Waals surface area contributed by atoms with Crippen LogP contribution in [0, 0.1) is 11.8 Å². The van der Waals surface area contributed by atoms with Crippen molar-refractivity contribution in [2.45, 2.75) is 19.4 Å². The van der Waals surface area contributed by atoms with Crippen LogP contribution < -0.4 is 5.32 Å². The van der Waals surface area contributed by atoms with Gasteiger partial charge in [-0.15, -0.1) is 11.3 Å². The molecule has 0 saturated heterocycles. The fourth-order valence-electron chi connectivity index (χ4n) is 1.77. The van der Waals surface area contributed by atoms with Crippen molar-refractivity contribution < 1.29 is 9.90 Å². The van der Waals surface area contributed by atoms with E-state index in [0.717, 1.165) is 5.69 Å². The maximum atomic E-state index is 12.3. The van der Waals surface area contributed by atoms with Crippen LogP contribution in [0.15, 0.2) is 35.8 Å². The molecular weight excluding hydrogens is 284 g/mol. The second-order valence-corrected chi connectivity index (χ2v) is 5.30. The third-order valence-corrected chi connectivity index (χ3v) is 3.72. The number of hydrogen-bond acceptors (Lipinski definition) is 4. The van der Waals surface area contributed by atoms with E-state index in [1.54, 1.807) is 6.20 Å². The molecule has 108 valence electrons. The van der Waals surface area contributed by atoms with E-state index < -0.39 is 0 Å². The molecule has 2 N–H and O–H groups in total. The van der Waals surface area contributed by atoms with E-state index in [1.807, 2.05) is 36.6 Å². The lowest BCUT2D eigenvalue weighted by Crippen LogP contribution is -2.27. The highest BCUT2D eigenvalue weighted by atomic mass is 32.1. The van der Waals surface area contributed by atoms with Crippen molar-refractivity contribution in [3.05, 3.63) is 52.0 Å². The number of nitrogens with one attached hydrogen (secondary N) is 1. The van der Waals surface area contributed by atoms with Gasteiger partial charge in [0.2, 0.25) is 0 Å². The van der Waals surface area contributed by atoms with E-state index in [-0.39, 0.29) is 18.6 Å². The molecule has 0 saturated carbocycles. The van der Waals surface area contributed by atoms with Crippen molar-refractivity contribution in [3.63, 3.8) is 0 Å². The van der Waals surface area contributed by atoms with Gasteiger partial charge in [0.25, 0.3) is 5.91 Å². The molecule has 2 aromatic rings. The van der Waals surface area contributed by atoms with Gasteiger partial charge in [0, 0.05) is 18.2 Å². The maximum Gasteiger partial charge on any atom is 0.263 e. The molecule has 0 fully saturated rings. The Labute approximate surface area is 127 Å². The zero-order valence-electron chi connectivity index (χ0n) is 11.7. The summed E-state index contributed by atoms with van der Waals surface area (Å²) >= 11 is 1.36. The Morgan fingerprint density at radius 2 is 2.33 bits per heavy atom. The molecule has 5 heteroatoms. The Morgan fingerprint density at radius 3 is 3.05 bits per heavy atom. The van der Waals surface area contributed by atoms with Crippen molar-refractivity contribution in [1.29, 1.82) is 0 Å². The predicted molar refractivity (Wildman–Crippen MR) is 83.0 cm³/mol. The van der Waals surface area contributed by atoms with Crippen LogP contribution in [0.2, 0.25) is 0 Å². The number of aliphatic hydroxyl groups is 1. The van der Waals surface area contributed by atoms with Crippen molar-refractivity contribution >= 4 is 17.2 Å². The lowest BCUT2D eigenvalue weighted by atomic mass is 10.2. The number of aromatic nitrogens is 1. The van der Waals surface area contributed by atoms with Gasteiger partial charge in [-0.1, -0.05) is 17.9 Å². The topological polar surface area (TPSA) is 62.2 Å². The molecule has 4 nitrogen and oxygen atoms in total. The molecule has 1 amide bonds. The van der Waals surface area contributed by atoms with E-state index >= 15 is 0 Å². The van der Waals surface area contributed by atoms with Crippen molar-refractivity contribution in [1.82, 2.24) is 10.3 Å². The number of nitrogens with zero attached hydrogens (tertiary/aromatic N) is 1. The van der Waals surface area contributed by atoms with Crippen molar-refractivity contribution in [3.8, 4) is 11.8 Å². The third-order valence-electron chi connectivity index (χ3n) is 2.81. The number of amides is 1. The van der Waals surface area contributed by atoms with Gasteiger partial charge in [-0.2, -0.15) is 0 Å². The number of carbonyl (C=O) groups is 1. The highest BCUT2D eigenvalue weighted by Gasteiger charge is 2.15. The van der Waals surface area contributed by atoms with Crippen LogP contribution in [0.4, 0.5) is 0 Å². The Balaban J connectivity index is 2.08. The SMILES string of the molecule is CC(NC(=O)c1sccc1C#CCCO)c1ccccn1. The van der Waals surface area contributed by atoms with Crippen molar-refractivity contribution in [2.75, 3.05) is 6.61 Å². The van der Waals surface area contributed by atoms with E-state index in [0.29, 0.717) is 16.9 Å². The Morgan fingerprint density at radius 1 is 1.48 bits per heavy atom. The molecular formula is C16H16N2O2S. The van der Waals surface area contributed by atoms with Gasteiger partial charge in [0.1, 0.15) is 4.88 Å². The molecule has 0 aliphatic heterocycles. The lowest BCUT2D eigenvalue weighted by molar-refractivity contribution is 0.0943. The van der Waals surface area contributed by atoms with Crippen LogP contribution in [0.25, 0.3) is 0 Å². The number of aliphatic hydroxyl groups excluding tert-OH is 1. The second-order valence-electron chi connectivity index (χ2n) is 4.39. The summed E-state index contributed by atoms with van der Waals surface area (Å²) in [6.45, 7) is 1.92. The van der Waals surface area contributed by atoms with Crippen LogP contribution in [-0.4, -0.2) is 22.6 Å². The van der Waals surface area contributed by atoms with E-state index in [2.05, 4.69) is 22.1 Å². The van der Waals surface area contributed by atoms with Gasteiger partial charge >= 0.3 is 0 Å². The van der Waals surface area contributed by atoms with Crippen LogP contribution in [0.1, 0.15) is 40.3 Å². The molecule has 0 radical (unpaired) electrons. The monoisotopic (exact) mass is 300 g/mol. The van der Waals surface area contributed by atoms with Gasteiger partial charge in [0.05, 0.1) is 18.3 Å². The summed E-state index contributed by atoms with van der Waals surface area (Å²) < 4.78 is 0. The number of hydrogen-bond donors (Lipinski definition) is 2. The summed E-state index contributed by atoms with van der Waals surface area (Å²) in [6, 6.07) is 7.25. The van der Waals surface area contributed by atoms with E-state index in [9.17, 15) is 4.79 Å². The zero-order chi connectivity index (χ0) is 15.1. The normalized spacial score (nSPS) is 11.3. The van der Waals surface area contributed by atoms with E-state index in [1.165, 1.54) is 11.3 Å². The third kappa shape index (κ3) is 4.15. The largest absolute Gasteiger partial charge is 0.395 e. The van der Waals surface area contributed by atoms with Gasteiger partial charge in [-0.25, -0.2) is 0 Å². The quantitative estimate of drug-likeness (QED) is 0.852. The minimum atomic E-state index is -0.168. The first-order valence-corrected chi connectivity index (χ1v) is 7.49. The fourth-order valence-corrected chi connectivity index (χ4v) is 2.52. The highest BCUT2D eigenvalue weighted by Crippen LogP contribution is 2.17. The summed E-state index contributed by atoms with van der Waals surface area (Å²) in [4.78, 5) is 17.1. The van der Waals surface area contributed by atoms with Crippen LogP contribution in [-0.2, 0) is 0 Å². The summed E-state index contributed by atoms with van der Waals surface area (Å²) in [5, 5.41) is 13.5. The highest BCUT2D eigenvalue weighted by molar-refractivity contribution is 7.12. The van der Waals surface area contributed by atoms with E-state index in [4.69, 9.17) is 5.11 Å². The summed E-state index contributed by atoms with van der Waals surface area (Å²) in [6.07, 6.45) is 2.11. The number of rotatable bonds is 4. The second kappa shape index (κ2) is 7.58. The number of carbonyl (C=O) groups excluding carboxylic acids is 1. The lowest BCUT2D eigenvalue weighted by Gasteiger charge is -2.12. The van der Waals surface area contributed by atoms with Gasteiger partial charge < -0.3 is 10.4 Å². The molecule has 0 aliphatic carbocycles. The Bertz CT molecular complexity index is 656. The molecule has 1 unspecified atom stereocenters. The molecule has 0 aromatic carbocycles. The molecule has 0 bridgehead atoms. The Hall–Kier alpha value is -2.16. The molecule has 0 aliphatic rings. The minimum absolute atomic E-state index is 0.0232. The first kappa shape index (κ1) is 15.2. The standard InChI is InChI=1S/C16H16N2O2S/c1-12(14-7-2-4-9-17-14)18-16(20)15-13(8-11-21-15)6-3-5-10-19/h2,4,7-9,11-12,19H,5,10H2,1H3,(H,18,20). The molecule has 0 spiro atoms. The summed E-state index contributed by atoms with van der Waals surface area (Å²) in [7, 11) is 0. The Kier molecular flexibility index (Phi) is 5.50. The van der Waals surface area contributed by atoms with Crippen LogP contribution >= 0.6 is 11.3 Å². The number of pyridine rings is 1. The minimum Gasteiger partial charge on any atom is -0.395 e. The fraction of sp³-hybridized carbons (Fsp3) is 0.250. The molecule has 2 aromatic heterocycles. The van der Waals surface area contributed by atoms with Gasteiger partial charge in [0.15, 0.2) is 0 Å². The van der Waals surface area contributed by atoms with Crippen LogP contribution in [0.3, 0.4) is 0 Å². The molecule has 1 atom stereocenters. The summed E-state index contributed by atoms with van der Waals surface area (Å²) in [5.74, 6) is 5.59. The molecule has 2 heterocycles. The number of thiophene rings is 1. The molecule has 21 heavy (non-hydrogen) atoms. The van der Waals surface area contributed by atoms with Gasteiger partial charge in [-0.05, 0) is 30.5 Å². The zero-order valence-corrected chi connectivity index (χ0v) is 12.5. The summed E-state index contributed by atoms with van der Waals surface area (Å²) in [5.41, 5.74) is 1.51. The maximum absolute atomic E-state index is 12.3. The first-order valence-electron chi connectivity index (χ1n) is 6.61.